The minimum atomic E-state index is -4.20. The van der Waals surface area contributed by atoms with Gasteiger partial charge in [0.25, 0.3) is 10.0 Å². The van der Waals surface area contributed by atoms with E-state index in [-0.39, 0.29) is 5.69 Å². The zero-order chi connectivity index (χ0) is 21.3. The predicted molar refractivity (Wildman–Crippen MR) is 101 cm³/mol. The van der Waals surface area contributed by atoms with Crippen LogP contribution in [0.1, 0.15) is 0 Å². The molecule has 9 nitrogen and oxygen atoms in total. The lowest BCUT2D eigenvalue weighted by molar-refractivity contribution is 0.413. The molecule has 0 fully saturated rings. The number of benzene rings is 1. The number of ether oxygens (including phenoxy) is 1. The van der Waals surface area contributed by atoms with E-state index in [1.54, 1.807) is 6.07 Å². The van der Waals surface area contributed by atoms with E-state index in [9.17, 15) is 12.8 Å². The number of nitrogens with zero attached hydrogens (tertiary/aromatic N) is 4. The van der Waals surface area contributed by atoms with Crippen LogP contribution < -0.4 is 9.46 Å². The summed E-state index contributed by atoms with van der Waals surface area (Å²) in [6, 6.07) is 6.05. The zero-order valence-electron chi connectivity index (χ0n) is 15.3. The molecule has 12 heteroatoms. The van der Waals surface area contributed by atoms with E-state index < -0.39 is 38.1 Å². The molecule has 0 amide bonds. The summed E-state index contributed by atoms with van der Waals surface area (Å²) < 4.78 is 66.8. The molecule has 3 heterocycles. The molecule has 0 atom stereocenters. The first kappa shape index (κ1) is 19.5. The Kier molecular flexibility index (Phi) is 4.91. The fourth-order valence-corrected chi connectivity index (χ4v) is 3.60. The molecular weight excluding hydrogens is 420 g/mol. The Hall–Kier alpha value is -3.80. The first-order chi connectivity index (χ1) is 14.4. The molecular formula is C18H13F2N5O4S. The van der Waals surface area contributed by atoms with E-state index in [2.05, 4.69) is 15.3 Å². The molecule has 0 radical (unpaired) electrons. The Balaban J connectivity index is 1.72. The average molecular weight is 433 g/mol. The summed E-state index contributed by atoms with van der Waals surface area (Å²) in [5, 5.41) is 7.23. The molecule has 154 valence electrons. The number of halogens is 2. The topological polar surface area (TPSA) is 112 Å². The van der Waals surface area contributed by atoms with Crippen LogP contribution in [0.2, 0.25) is 0 Å². The number of hydrogen-bond donors (Lipinski definition) is 1. The van der Waals surface area contributed by atoms with Gasteiger partial charge in [-0.15, -0.1) is 5.10 Å². The number of rotatable bonds is 6. The predicted octanol–water partition coefficient (Wildman–Crippen LogP) is 3.01. The highest BCUT2D eigenvalue weighted by atomic mass is 32.2. The molecule has 0 aliphatic carbocycles. The second kappa shape index (κ2) is 7.55. The van der Waals surface area contributed by atoms with E-state index in [4.69, 9.17) is 9.15 Å². The molecule has 4 aromatic rings. The quantitative estimate of drug-likeness (QED) is 0.497. The summed E-state index contributed by atoms with van der Waals surface area (Å²) in [5.41, 5.74) is -0.301. The van der Waals surface area contributed by atoms with Crippen molar-refractivity contribution in [2.75, 3.05) is 11.8 Å². The third-order valence-electron chi connectivity index (χ3n) is 4.04. The smallest absolute Gasteiger partial charge is 0.295 e. The molecule has 1 aromatic carbocycles. The Morgan fingerprint density at radius 2 is 2.03 bits per heavy atom. The maximum Gasteiger partial charge on any atom is 0.295 e. The van der Waals surface area contributed by atoms with E-state index in [1.807, 2.05) is 4.72 Å². The van der Waals surface area contributed by atoms with E-state index in [1.165, 1.54) is 37.8 Å². The minimum Gasteiger partial charge on any atom is -0.495 e. The van der Waals surface area contributed by atoms with Gasteiger partial charge in [-0.3, -0.25) is 9.71 Å². The molecule has 0 saturated heterocycles. The minimum absolute atomic E-state index is 0.279. The number of methoxy groups -OCH3 is 1. The van der Waals surface area contributed by atoms with Gasteiger partial charge in [-0.25, -0.2) is 13.5 Å². The molecule has 0 saturated carbocycles. The van der Waals surface area contributed by atoms with Crippen LogP contribution in [0.5, 0.6) is 5.75 Å². The van der Waals surface area contributed by atoms with Gasteiger partial charge in [0.15, 0.2) is 11.6 Å². The van der Waals surface area contributed by atoms with Crippen LogP contribution in [0.4, 0.5) is 14.5 Å². The summed E-state index contributed by atoms with van der Waals surface area (Å²) in [7, 11) is -2.73. The number of aromatic nitrogens is 4. The number of anilines is 1. The Bertz CT molecular complexity index is 1310. The van der Waals surface area contributed by atoms with Crippen molar-refractivity contribution in [3.05, 3.63) is 66.8 Å². The van der Waals surface area contributed by atoms with Crippen LogP contribution in [-0.4, -0.2) is 35.5 Å². The van der Waals surface area contributed by atoms with E-state index in [0.29, 0.717) is 11.3 Å². The molecule has 0 aliphatic rings. The van der Waals surface area contributed by atoms with Gasteiger partial charge < -0.3 is 9.15 Å². The van der Waals surface area contributed by atoms with Crippen molar-refractivity contribution >= 4 is 15.7 Å². The lowest BCUT2D eigenvalue weighted by atomic mass is 10.2. The molecule has 4 rings (SSSR count). The summed E-state index contributed by atoms with van der Waals surface area (Å²) in [6.07, 6.45) is 5.41. The zero-order valence-corrected chi connectivity index (χ0v) is 16.1. The van der Waals surface area contributed by atoms with Crippen LogP contribution in [0, 0.1) is 11.6 Å². The molecule has 0 spiro atoms. The van der Waals surface area contributed by atoms with Gasteiger partial charge in [0.2, 0.25) is 5.09 Å². The van der Waals surface area contributed by atoms with E-state index in [0.717, 1.165) is 23.1 Å². The number of hydrogen-bond acceptors (Lipinski definition) is 7. The second-order valence-electron chi connectivity index (χ2n) is 5.96. The highest BCUT2D eigenvalue weighted by Gasteiger charge is 2.23. The monoisotopic (exact) mass is 433 g/mol. The van der Waals surface area contributed by atoms with Crippen molar-refractivity contribution < 1.29 is 26.4 Å². The normalized spacial score (nSPS) is 11.4. The summed E-state index contributed by atoms with van der Waals surface area (Å²) in [6.45, 7) is 0. The van der Waals surface area contributed by atoms with Crippen LogP contribution in [0.15, 0.2) is 64.7 Å². The van der Waals surface area contributed by atoms with Crippen LogP contribution >= 0.6 is 0 Å². The first-order valence-electron chi connectivity index (χ1n) is 8.35. The lowest BCUT2D eigenvalue weighted by Gasteiger charge is -2.10. The molecule has 0 bridgehead atoms. The standard InChI is InChI=1S/C18H13F2N5O4S/c1-28-12-7-11(8-21-9-12)15-10-25(24-22-15)18-13(19)4-5-14(17(18)20)23-30(26,27)16-3-2-6-29-16/h2-10,23H,1H3. The van der Waals surface area contributed by atoms with Crippen molar-refractivity contribution in [3.63, 3.8) is 0 Å². The van der Waals surface area contributed by atoms with Gasteiger partial charge in [0, 0.05) is 11.8 Å². The highest BCUT2D eigenvalue weighted by molar-refractivity contribution is 7.92. The fraction of sp³-hybridized carbons (Fsp3) is 0.0556. The van der Waals surface area contributed by atoms with Crippen molar-refractivity contribution in [3.8, 4) is 22.7 Å². The molecule has 1 N–H and O–H groups in total. The van der Waals surface area contributed by atoms with Crippen LogP contribution in [0.3, 0.4) is 0 Å². The third-order valence-corrected chi connectivity index (χ3v) is 5.29. The molecule has 3 aromatic heterocycles. The molecule has 0 aliphatic heterocycles. The van der Waals surface area contributed by atoms with Crippen molar-refractivity contribution in [2.24, 2.45) is 0 Å². The van der Waals surface area contributed by atoms with Crippen molar-refractivity contribution in [2.45, 2.75) is 5.09 Å². The Labute approximate surface area is 169 Å². The molecule has 0 unspecified atom stereocenters. The third kappa shape index (κ3) is 3.59. The Morgan fingerprint density at radius 3 is 2.77 bits per heavy atom. The lowest BCUT2D eigenvalue weighted by Crippen LogP contribution is -2.15. The summed E-state index contributed by atoms with van der Waals surface area (Å²) in [4.78, 5) is 3.99. The second-order valence-corrected chi connectivity index (χ2v) is 7.57. The van der Waals surface area contributed by atoms with Gasteiger partial charge in [-0.2, -0.15) is 8.42 Å². The SMILES string of the molecule is COc1cncc(-c2cn(-c3c(F)ccc(NS(=O)(=O)c4ccco4)c3F)nn2)c1. The largest absolute Gasteiger partial charge is 0.495 e. The van der Waals surface area contributed by atoms with Gasteiger partial charge in [0.05, 0.1) is 31.5 Å². The number of sulfonamides is 1. The first-order valence-corrected chi connectivity index (χ1v) is 9.84. The maximum absolute atomic E-state index is 15.0. The molecule has 30 heavy (non-hydrogen) atoms. The van der Waals surface area contributed by atoms with Crippen LogP contribution in [-0.2, 0) is 10.0 Å². The average Bonchev–Trinajstić information content (AvgIpc) is 3.43. The van der Waals surface area contributed by atoms with Gasteiger partial charge in [-0.1, -0.05) is 5.21 Å². The highest BCUT2D eigenvalue weighted by Crippen LogP contribution is 2.28. The number of pyridine rings is 1. The van der Waals surface area contributed by atoms with Gasteiger partial charge >= 0.3 is 0 Å². The summed E-state index contributed by atoms with van der Waals surface area (Å²) in [5.74, 6) is -1.67. The fourth-order valence-electron chi connectivity index (χ4n) is 2.62. The Morgan fingerprint density at radius 1 is 1.20 bits per heavy atom. The van der Waals surface area contributed by atoms with Gasteiger partial charge in [0.1, 0.15) is 17.1 Å². The van der Waals surface area contributed by atoms with Crippen molar-refractivity contribution in [1.29, 1.82) is 0 Å². The van der Waals surface area contributed by atoms with Crippen LogP contribution in [0.25, 0.3) is 16.9 Å². The van der Waals surface area contributed by atoms with Crippen molar-refractivity contribution in [1.82, 2.24) is 20.0 Å². The maximum atomic E-state index is 15.0. The summed E-state index contributed by atoms with van der Waals surface area (Å²) >= 11 is 0. The number of furan rings is 1. The van der Waals surface area contributed by atoms with E-state index >= 15 is 4.39 Å². The van der Waals surface area contributed by atoms with Gasteiger partial charge in [-0.05, 0) is 30.3 Å². The number of nitrogens with one attached hydrogen (secondary N) is 1.